The maximum absolute atomic E-state index is 14.5. The Kier molecular flexibility index (Phi) is 16.1. The summed E-state index contributed by atoms with van der Waals surface area (Å²) in [6.07, 6.45) is 3.24. The number of nitrogens with one attached hydrogen (secondary N) is 2. The molecule has 2 aromatic rings. The van der Waals surface area contributed by atoms with Gasteiger partial charge in [-0.2, -0.15) is 0 Å². The van der Waals surface area contributed by atoms with Crippen molar-refractivity contribution in [2.75, 3.05) is 26.9 Å². The van der Waals surface area contributed by atoms with Gasteiger partial charge in [0.05, 0.1) is 6.04 Å². The zero-order chi connectivity index (χ0) is 36.1. The molecule has 11 nitrogen and oxygen atoms in total. The van der Waals surface area contributed by atoms with E-state index in [4.69, 9.17) is 4.74 Å². The van der Waals surface area contributed by atoms with E-state index in [1.807, 2.05) is 83.8 Å². The fourth-order valence-electron chi connectivity index (χ4n) is 6.06. The Morgan fingerprint density at radius 2 is 1.82 bits per heavy atom. The van der Waals surface area contributed by atoms with Crippen LogP contribution in [-0.4, -0.2) is 88.6 Å². The lowest BCUT2D eigenvalue weighted by molar-refractivity contribution is -0.160. The Labute approximate surface area is 296 Å². The van der Waals surface area contributed by atoms with Crippen LogP contribution in [0.4, 0.5) is 0 Å². The standard InChI is InChI=1S/C37H57N5O6S/c1-8-26(6)33(40-35(46)29-16-12-13-19-41(29)7)37(47)42(23-48-32(44)20-24(2)3)30(25(4)5)21-31(43)36-39-28(22-49-36)34(45)38-18-17-27-14-10-9-11-15-27/h9-11,14-15,22,24-26,29-31,33,43H,8,12-13,16-21,23H2,1-7H3,(H,38,45)(H,40,46)/t26-,29+,30?,31+,33-/m0/s1. The quantitative estimate of drug-likeness (QED) is 0.147. The highest BCUT2D eigenvalue weighted by atomic mass is 32.1. The van der Waals surface area contributed by atoms with Crippen molar-refractivity contribution in [1.82, 2.24) is 25.4 Å². The number of rotatable bonds is 18. The minimum atomic E-state index is -1.09. The van der Waals surface area contributed by atoms with Crippen LogP contribution in [0.1, 0.15) is 107 Å². The zero-order valence-electron chi connectivity index (χ0n) is 30.3. The number of nitrogens with zero attached hydrogens (tertiary/aromatic N) is 3. The van der Waals surface area contributed by atoms with Crippen LogP contribution in [-0.2, 0) is 25.5 Å². The van der Waals surface area contributed by atoms with Crippen molar-refractivity contribution in [3.63, 3.8) is 0 Å². The molecule has 0 bridgehead atoms. The Morgan fingerprint density at radius 3 is 2.45 bits per heavy atom. The monoisotopic (exact) mass is 699 g/mol. The highest BCUT2D eigenvalue weighted by Gasteiger charge is 2.38. The van der Waals surface area contributed by atoms with Gasteiger partial charge in [0.1, 0.15) is 22.8 Å². The molecule has 3 N–H and O–H groups in total. The van der Waals surface area contributed by atoms with E-state index >= 15 is 0 Å². The third kappa shape index (κ3) is 12.2. The third-order valence-corrected chi connectivity index (χ3v) is 10.2. The van der Waals surface area contributed by atoms with Crippen molar-refractivity contribution in [2.45, 2.75) is 111 Å². The lowest BCUT2D eigenvalue weighted by Gasteiger charge is -2.39. The molecule has 1 saturated heterocycles. The molecule has 1 aliphatic rings. The lowest BCUT2D eigenvalue weighted by atomic mass is 9.92. The fourth-order valence-corrected chi connectivity index (χ4v) is 6.86. The summed E-state index contributed by atoms with van der Waals surface area (Å²) in [7, 11) is 1.93. The first kappa shape index (κ1) is 40.1. The van der Waals surface area contributed by atoms with E-state index in [2.05, 4.69) is 15.6 Å². The van der Waals surface area contributed by atoms with Gasteiger partial charge in [-0.15, -0.1) is 11.3 Å². The summed E-state index contributed by atoms with van der Waals surface area (Å²) in [4.78, 5) is 61.5. The second kappa shape index (κ2) is 19.7. The maximum atomic E-state index is 14.5. The summed E-state index contributed by atoms with van der Waals surface area (Å²) >= 11 is 1.18. The minimum absolute atomic E-state index is 0.0774. The number of amides is 3. The number of esters is 1. The lowest BCUT2D eigenvalue weighted by Crippen LogP contribution is -2.59. The molecule has 1 aromatic carbocycles. The molecule has 272 valence electrons. The number of benzene rings is 1. The predicted octanol–water partition coefficient (Wildman–Crippen LogP) is 4.95. The van der Waals surface area contributed by atoms with Gasteiger partial charge in [-0.3, -0.25) is 24.1 Å². The Balaban J connectivity index is 1.80. The van der Waals surface area contributed by atoms with E-state index in [-0.39, 0.29) is 66.8 Å². The first-order chi connectivity index (χ1) is 23.3. The average molecular weight is 700 g/mol. The van der Waals surface area contributed by atoms with E-state index in [9.17, 15) is 24.3 Å². The van der Waals surface area contributed by atoms with Gasteiger partial charge >= 0.3 is 5.97 Å². The van der Waals surface area contributed by atoms with Gasteiger partial charge in [-0.1, -0.05) is 84.7 Å². The van der Waals surface area contributed by atoms with Gasteiger partial charge in [0.2, 0.25) is 11.8 Å². The predicted molar refractivity (Wildman–Crippen MR) is 192 cm³/mol. The molecule has 1 aliphatic heterocycles. The fraction of sp³-hybridized carbons (Fsp3) is 0.649. The Bertz CT molecular complexity index is 1350. The number of hydrogen-bond acceptors (Lipinski definition) is 9. The summed E-state index contributed by atoms with van der Waals surface area (Å²) in [5, 5.41) is 19.3. The number of likely N-dealkylation sites (tertiary alicyclic amines) is 1. The van der Waals surface area contributed by atoms with Crippen LogP contribution in [0, 0.1) is 17.8 Å². The number of aliphatic hydroxyl groups excluding tert-OH is 1. The van der Waals surface area contributed by atoms with Crippen molar-refractivity contribution < 1.29 is 29.0 Å². The van der Waals surface area contributed by atoms with Gasteiger partial charge in [0.25, 0.3) is 5.91 Å². The molecule has 1 unspecified atom stereocenters. The number of hydrogen-bond donors (Lipinski definition) is 3. The number of ether oxygens (including phenoxy) is 1. The molecule has 0 spiro atoms. The first-order valence-corrected chi connectivity index (χ1v) is 18.6. The minimum Gasteiger partial charge on any atom is -0.444 e. The van der Waals surface area contributed by atoms with Gasteiger partial charge in [0.15, 0.2) is 6.73 Å². The molecule has 1 fully saturated rings. The van der Waals surface area contributed by atoms with Gasteiger partial charge < -0.3 is 25.4 Å². The molecule has 3 amide bonds. The molecular formula is C37H57N5O6S. The molecule has 0 radical (unpaired) electrons. The Morgan fingerprint density at radius 1 is 1.10 bits per heavy atom. The van der Waals surface area contributed by atoms with Crippen molar-refractivity contribution in [2.24, 2.45) is 17.8 Å². The van der Waals surface area contributed by atoms with Crippen molar-refractivity contribution >= 4 is 35.0 Å². The Hall–Kier alpha value is -3.35. The van der Waals surface area contributed by atoms with Crippen LogP contribution in [0.15, 0.2) is 35.7 Å². The van der Waals surface area contributed by atoms with Gasteiger partial charge in [0, 0.05) is 30.8 Å². The summed E-state index contributed by atoms with van der Waals surface area (Å²) in [6, 6.07) is 8.13. The van der Waals surface area contributed by atoms with Gasteiger partial charge in [-0.05, 0) is 56.2 Å². The number of carbonyl (C=O) groups is 4. The zero-order valence-corrected chi connectivity index (χ0v) is 31.1. The van der Waals surface area contributed by atoms with E-state index < -0.39 is 24.2 Å². The van der Waals surface area contributed by atoms with Crippen molar-refractivity contribution in [3.05, 3.63) is 52.0 Å². The van der Waals surface area contributed by atoms with E-state index in [0.717, 1.165) is 31.4 Å². The molecule has 49 heavy (non-hydrogen) atoms. The number of thiazole rings is 1. The van der Waals surface area contributed by atoms with Crippen molar-refractivity contribution in [3.8, 4) is 0 Å². The smallest absolute Gasteiger partial charge is 0.307 e. The second-order valence-electron chi connectivity index (χ2n) is 14.0. The van der Waals surface area contributed by atoms with E-state index in [1.54, 1.807) is 5.38 Å². The van der Waals surface area contributed by atoms with Crippen LogP contribution < -0.4 is 10.6 Å². The van der Waals surface area contributed by atoms with Crippen LogP contribution in [0.3, 0.4) is 0 Å². The molecule has 1 aromatic heterocycles. The summed E-state index contributed by atoms with van der Waals surface area (Å²) < 4.78 is 5.66. The highest BCUT2D eigenvalue weighted by molar-refractivity contribution is 7.09. The van der Waals surface area contributed by atoms with Crippen LogP contribution in [0.2, 0.25) is 0 Å². The largest absolute Gasteiger partial charge is 0.444 e. The van der Waals surface area contributed by atoms with Crippen LogP contribution in [0.25, 0.3) is 0 Å². The van der Waals surface area contributed by atoms with Gasteiger partial charge in [-0.25, -0.2) is 4.98 Å². The highest BCUT2D eigenvalue weighted by Crippen LogP contribution is 2.29. The maximum Gasteiger partial charge on any atom is 0.307 e. The molecule has 5 atom stereocenters. The number of aromatic nitrogens is 1. The topological polar surface area (TPSA) is 141 Å². The number of piperidine rings is 1. The molecule has 0 saturated carbocycles. The second-order valence-corrected chi connectivity index (χ2v) is 14.9. The normalized spacial score (nSPS) is 17.6. The van der Waals surface area contributed by atoms with Crippen molar-refractivity contribution in [1.29, 1.82) is 0 Å². The first-order valence-electron chi connectivity index (χ1n) is 17.7. The van der Waals surface area contributed by atoms with E-state index in [0.29, 0.717) is 24.4 Å². The third-order valence-electron chi connectivity index (χ3n) is 9.29. The molecule has 3 rings (SSSR count). The van der Waals surface area contributed by atoms with E-state index in [1.165, 1.54) is 16.2 Å². The molecule has 12 heteroatoms. The summed E-state index contributed by atoms with van der Waals surface area (Å²) in [5.41, 5.74) is 1.33. The molecular weight excluding hydrogens is 643 g/mol. The summed E-state index contributed by atoms with van der Waals surface area (Å²) in [5.74, 6) is -1.56. The van der Waals surface area contributed by atoms with Crippen LogP contribution >= 0.6 is 11.3 Å². The number of likely N-dealkylation sites (N-methyl/N-ethyl adjacent to an activating group) is 1. The number of carbonyl (C=O) groups excluding carboxylic acids is 4. The SMILES string of the molecule is CC[C@H](C)[C@H](NC(=O)[C@H]1CCCCN1C)C(=O)N(COC(=O)CC(C)C)C(C[C@@H](O)c1nc(C(=O)NCCc2ccccc2)cs1)C(C)C. The molecule has 0 aliphatic carbocycles. The van der Waals surface area contributed by atoms with Crippen LogP contribution in [0.5, 0.6) is 0 Å². The average Bonchev–Trinajstić information content (AvgIpc) is 3.57. The number of aliphatic hydroxyl groups is 1. The summed E-state index contributed by atoms with van der Waals surface area (Å²) in [6.45, 7) is 12.6. The molecule has 2 heterocycles.